The maximum atomic E-state index is 12.7. The van der Waals surface area contributed by atoms with Crippen molar-refractivity contribution in [3.8, 4) is 34.5 Å². The molecule has 0 saturated heterocycles. The quantitative estimate of drug-likeness (QED) is 0.209. The second-order valence-electron chi connectivity index (χ2n) is 9.19. The summed E-state index contributed by atoms with van der Waals surface area (Å²) in [6.07, 6.45) is -4.84. The Morgan fingerprint density at radius 2 is 1.68 bits per heavy atom. The lowest BCUT2D eigenvalue weighted by molar-refractivity contribution is -0.274. The topological polar surface area (TPSA) is 119 Å². The van der Waals surface area contributed by atoms with Gasteiger partial charge in [-0.1, -0.05) is 22.6 Å². The van der Waals surface area contributed by atoms with Crippen LogP contribution in [-0.2, 0) is 9.63 Å². The van der Waals surface area contributed by atoms with E-state index in [4.69, 9.17) is 28.5 Å². The predicted octanol–water partition coefficient (Wildman–Crippen LogP) is 6.11. The molecule has 0 fully saturated rings. The maximum Gasteiger partial charge on any atom is 0.573 e. The van der Waals surface area contributed by atoms with Crippen molar-refractivity contribution in [3.63, 3.8) is 0 Å². The number of thiazole rings is 1. The Balaban J connectivity index is 1.24. The highest BCUT2D eigenvalue weighted by Gasteiger charge is 2.31. The molecule has 0 aliphatic carbocycles. The molecule has 4 aromatic rings. The van der Waals surface area contributed by atoms with E-state index in [0.717, 1.165) is 28.5 Å². The third-order valence-electron chi connectivity index (χ3n) is 6.42. The molecule has 0 saturated carbocycles. The van der Waals surface area contributed by atoms with Gasteiger partial charge < -0.3 is 33.3 Å². The first-order valence-electron chi connectivity index (χ1n) is 12.9. The van der Waals surface area contributed by atoms with Gasteiger partial charge in [-0.2, -0.15) is 0 Å². The van der Waals surface area contributed by atoms with E-state index in [0.29, 0.717) is 45.6 Å². The van der Waals surface area contributed by atoms with Gasteiger partial charge in [0.1, 0.15) is 5.75 Å². The molecule has 0 radical (unpaired) electrons. The normalized spacial score (nSPS) is 14.4. The van der Waals surface area contributed by atoms with Gasteiger partial charge in [0.15, 0.2) is 40.8 Å². The monoisotopic (exact) mass is 633 g/mol. The second kappa shape index (κ2) is 12.8. The summed E-state index contributed by atoms with van der Waals surface area (Å²) >= 11 is 1.09. The summed E-state index contributed by atoms with van der Waals surface area (Å²) in [5.41, 5.74) is 2.38. The first-order chi connectivity index (χ1) is 21.1. The van der Waals surface area contributed by atoms with Crippen LogP contribution in [0.3, 0.4) is 0 Å². The summed E-state index contributed by atoms with van der Waals surface area (Å²) < 4.78 is 69.5. The number of rotatable bonds is 11. The number of methoxy groups -OCH3 is 4. The largest absolute Gasteiger partial charge is 0.573 e. The zero-order valence-electron chi connectivity index (χ0n) is 23.8. The number of nitrogens with one attached hydrogen (secondary N) is 1. The van der Waals surface area contributed by atoms with E-state index in [2.05, 4.69) is 20.2 Å². The van der Waals surface area contributed by atoms with Crippen LogP contribution in [0, 0.1) is 0 Å². The van der Waals surface area contributed by atoms with Gasteiger partial charge in [0.25, 0.3) is 5.91 Å². The van der Waals surface area contributed by atoms with Crippen molar-refractivity contribution in [1.82, 2.24) is 4.98 Å². The molecule has 1 atom stereocenters. The van der Waals surface area contributed by atoms with Crippen LogP contribution in [-0.4, -0.2) is 58.0 Å². The molecule has 1 aliphatic rings. The Kier molecular flexibility index (Phi) is 8.85. The standard InChI is InChI=1S/C29H26F3N3O8S/c1-37-20-7-5-15(21-13-18(35-43-21)16-10-23(38-2)27(40-4)24(11-16)39-3)9-22(20)41-14-26(36)34-28-33-19-12-17(42-29(30,31)32)6-8-25(19)44-28/h5-12,21H,13-14H2,1-4H3,(H,33,34,36). The fourth-order valence-electron chi connectivity index (χ4n) is 4.44. The third-order valence-corrected chi connectivity index (χ3v) is 7.38. The number of carbonyl (C=O) groups excluding carboxylic acids is 1. The molecule has 15 heteroatoms. The van der Waals surface area contributed by atoms with Crippen molar-refractivity contribution >= 4 is 38.3 Å². The SMILES string of the molecule is COc1ccc(C2CC(c3cc(OC)c(OC)c(OC)c3)=NO2)cc1OCC(=O)Nc1nc2cc(OC(F)(F)F)ccc2s1. The molecule has 3 aromatic carbocycles. The Hall–Kier alpha value is -4.92. The van der Waals surface area contributed by atoms with Gasteiger partial charge in [0.2, 0.25) is 5.75 Å². The Bertz CT molecular complexity index is 1680. The lowest BCUT2D eigenvalue weighted by Gasteiger charge is -2.15. The number of halogens is 3. The number of hydrogen-bond acceptors (Lipinski definition) is 11. The molecule has 232 valence electrons. The van der Waals surface area contributed by atoms with E-state index in [1.165, 1.54) is 40.6 Å². The van der Waals surface area contributed by atoms with Gasteiger partial charge in [-0.05, 0) is 42.0 Å². The molecule has 0 spiro atoms. The van der Waals surface area contributed by atoms with Crippen LogP contribution in [0.25, 0.3) is 10.2 Å². The zero-order valence-corrected chi connectivity index (χ0v) is 24.6. The summed E-state index contributed by atoms with van der Waals surface area (Å²) in [6, 6.07) is 12.5. The smallest absolute Gasteiger partial charge is 0.493 e. The van der Waals surface area contributed by atoms with Crippen molar-refractivity contribution in [2.75, 3.05) is 40.4 Å². The molecule has 1 aromatic heterocycles. The number of alkyl halides is 3. The third kappa shape index (κ3) is 6.83. The zero-order chi connectivity index (χ0) is 31.4. The molecule has 1 N–H and O–H groups in total. The summed E-state index contributed by atoms with van der Waals surface area (Å²) in [5.74, 6) is 1.17. The molecular weight excluding hydrogens is 607 g/mol. The van der Waals surface area contributed by atoms with Crippen LogP contribution in [0.1, 0.15) is 23.7 Å². The van der Waals surface area contributed by atoms with Crippen LogP contribution in [0.2, 0.25) is 0 Å². The molecule has 44 heavy (non-hydrogen) atoms. The highest BCUT2D eigenvalue weighted by molar-refractivity contribution is 7.22. The van der Waals surface area contributed by atoms with Crippen molar-refractivity contribution in [3.05, 3.63) is 59.7 Å². The molecule has 2 heterocycles. The number of carbonyl (C=O) groups is 1. The van der Waals surface area contributed by atoms with Gasteiger partial charge in [0, 0.05) is 18.1 Å². The fraction of sp³-hybridized carbons (Fsp3) is 0.276. The number of ether oxygens (including phenoxy) is 6. The molecule has 1 amide bonds. The molecule has 0 bridgehead atoms. The van der Waals surface area contributed by atoms with Gasteiger partial charge >= 0.3 is 6.36 Å². The van der Waals surface area contributed by atoms with Crippen LogP contribution < -0.4 is 33.7 Å². The Morgan fingerprint density at radius 1 is 0.955 bits per heavy atom. The highest BCUT2D eigenvalue weighted by atomic mass is 32.1. The number of amides is 1. The minimum absolute atomic E-state index is 0.189. The second-order valence-corrected chi connectivity index (χ2v) is 10.2. The van der Waals surface area contributed by atoms with Crippen molar-refractivity contribution in [2.24, 2.45) is 5.16 Å². The van der Waals surface area contributed by atoms with E-state index in [1.54, 1.807) is 24.3 Å². The number of fused-ring (bicyclic) bond motifs is 1. The average Bonchev–Trinajstić information content (AvgIpc) is 3.65. The van der Waals surface area contributed by atoms with E-state index in [9.17, 15) is 18.0 Å². The van der Waals surface area contributed by atoms with Crippen molar-refractivity contribution in [2.45, 2.75) is 18.9 Å². The summed E-state index contributed by atoms with van der Waals surface area (Å²) in [4.78, 5) is 22.5. The minimum Gasteiger partial charge on any atom is -0.493 e. The van der Waals surface area contributed by atoms with Crippen LogP contribution in [0.4, 0.5) is 18.3 Å². The number of oxime groups is 1. The number of nitrogens with zero attached hydrogens (tertiary/aromatic N) is 2. The number of aromatic nitrogens is 1. The summed E-state index contributed by atoms with van der Waals surface area (Å²) in [7, 11) is 6.05. The molecule has 1 unspecified atom stereocenters. The van der Waals surface area contributed by atoms with E-state index in [-0.39, 0.29) is 10.6 Å². The molecule has 1 aliphatic heterocycles. The Morgan fingerprint density at radius 3 is 2.34 bits per heavy atom. The van der Waals surface area contributed by atoms with Crippen LogP contribution >= 0.6 is 11.3 Å². The maximum absolute atomic E-state index is 12.7. The van der Waals surface area contributed by atoms with Crippen LogP contribution in [0.5, 0.6) is 34.5 Å². The first-order valence-corrected chi connectivity index (χ1v) is 13.7. The lowest BCUT2D eigenvalue weighted by atomic mass is 9.99. The van der Waals surface area contributed by atoms with Crippen molar-refractivity contribution in [1.29, 1.82) is 0 Å². The fourth-order valence-corrected chi connectivity index (χ4v) is 5.30. The molecule has 5 rings (SSSR count). The average molecular weight is 634 g/mol. The molecule has 11 nitrogen and oxygen atoms in total. The Labute approximate surface area is 253 Å². The van der Waals surface area contributed by atoms with E-state index >= 15 is 0 Å². The van der Waals surface area contributed by atoms with Gasteiger partial charge in [-0.3, -0.25) is 10.1 Å². The summed E-state index contributed by atoms with van der Waals surface area (Å²) in [5, 5.41) is 7.05. The highest BCUT2D eigenvalue weighted by Crippen LogP contribution is 2.41. The van der Waals surface area contributed by atoms with Crippen molar-refractivity contribution < 1.29 is 51.2 Å². The van der Waals surface area contributed by atoms with E-state index < -0.39 is 30.7 Å². The number of benzene rings is 3. The van der Waals surface area contributed by atoms with Gasteiger partial charge in [-0.25, -0.2) is 4.98 Å². The van der Waals surface area contributed by atoms with E-state index in [1.807, 2.05) is 6.07 Å². The van der Waals surface area contributed by atoms with Gasteiger partial charge in [-0.15, -0.1) is 13.2 Å². The summed E-state index contributed by atoms with van der Waals surface area (Å²) in [6.45, 7) is -0.392. The number of hydrogen-bond donors (Lipinski definition) is 1. The predicted molar refractivity (Wildman–Crippen MR) is 154 cm³/mol. The minimum atomic E-state index is -4.82. The molecular formula is C29H26F3N3O8S. The first kappa shape index (κ1) is 30.5. The van der Waals surface area contributed by atoms with Crippen LogP contribution in [0.15, 0.2) is 53.7 Å². The van der Waals surface area contributed by atoms with Gasteiger partial charge in [0.05, 0.1) is 44.4 Å². The number of anilines is 1. The lowest BCUT2D eigenvalue weighted by Crippen LogP contribution is -2.20.